The quantitative estimate of drug-likeness (QED) is 0.819. The Hall–Kier alpha value is -1.11. The number of anilines is 1. The first-order valence-corrected chi connectivity index (χ1v) is 6.58. The lowest BCUT2D eigenvalue weighted by molar-refractivity contribution is 0.0209. The third-order valence-electron chi connectivity index (χ3n) is 3.74. The van der Waals surface area contributed by atoms with Gasteiger partial charge in [-0.25, -0.2) is 0 Å². The molecular formula is C12H20N4O2. The minimum Gasteiger partial charge on any atom is -0.432 e. The highest BCUT2D eigenvalue weighted by Gasteiger charge is 2.30. The van der Waals surface area contributed by atoms with Crippen LogP contribution in [0.5, 0.6) is 0 Å². The molecule has 0 bridgehead atoms. The molecule has 2 N–H and O–H groups in total. The van der Waals surface area contributed by atoms with Gasteiger partial charge in [-0.1, -0.05) is 0 Å². The molecule has 3 heterocycles. The first kappa shape index (κ1) is 12.0. The second-order valence-electron chi connectivity index (χ2n) is 4.86. The molecule has 6 heteroatoms. The van der Waals surface area contributed by atoms with E-state index >= 15 is 0 Å². The van der Waals surface area contributed by atoms with Crippen molar-refractivity contribution in [3.05, 3.63) is 12.0 Å². The molecule has 0 spiro atoms. The van der Waals surface area contributed by atoms with Crippen LogP contribution in [0.2, 0.25) is 0 Å². The van der Waals surface area contributed by atoms with Gasteiger partial charge >= 0.3 is 0 Å². The van der Waals surface area contributed by atoms with Crippen LogP contribution in [0.3, 0.4) is 0 Å². The Kier molecular flexibility index (Phi) is 3.49. The van der Waals surface area contributed by atoms with Crippen LogP contribution in [-0.4, -0.2) is 55.3 Å². The number of hydrogen-bond donors (Lipinski definition) is 1. The largest absolute Gasteiger partial charge is 0.432 e. The number of morpholine rings is 1. The highest BCUT2D eigenvalue weighted by molar-refractivity contribution is 5.29. The van der Waals surface area contributed by atoms with E-state index in [-0.39, 0.29) is 0 Å². The normalized spacial score (nSPS) is 25.8. The van der Waals surface area contributed by atoms with Gasteiger partial charge in [0.2, 0.25) is 0 Å². The zero-order chi connectivity index (χ0) is 12.4. The summed E-state index contributed by atoms with van der Waals surface area (Å²) in [4.78, 5) is 9.10. The average molecular weight is 252 g/mol. The van der Waals surface area contributed by atoms with Crippen molar-refractivity contribution in [1.29, 1.82) is 0 Å². The van der Waals surface area contributed by atoms with Crippen molar-refractivity contribution in [1.82, 2.24) is 9.88 Å². The molecule has 0 radical (unpaired) electrons. The SMILES string of the molecule is NCc1coc(N2CCC(N3CCOCC3)C2)n1. The molecule has 2 aliphatic heterocycles. The number of ether oxygens (including phenoxy) is 1. The van der Waals surface area contributed by atoms with Gasteiger partial charge in [0.1, 0.15) is 6.26 Å². The van der Waals surface area contributed by atoms with Gasteiger partial charge in [-0.15, -0.1) is 0 Å². The lowest BCUT2D eigenvalue weighted by Gasteiger charge is -2.31. The number of nitrogens with zero attached hydrogens (tertiary/aromatic N) is 3. The van der Waals surface area contributed by atoms with Crippen LogP contribution < -0.4 is 10.6 Å². The maximum Gasteiger partial charge on any atom is 0.297 e. The summed E-state index contributed by atoms with van der Waals surface area (Å²) in [6.07, 6.45) is 2.82. The average Bonchev–Trinajstić information content (AvgIpc) is 3.08. The summed E-state index contributed by atoms with van der Waals surface area (Å²) < 4.78 is 10.9. The van der Waals surface area contributed by atoms with E-state index < -0.39 is 0 Å². The first-order chi connectivity index (χ1) is 8.86. The van der Waals surface area contributed by atoms with Crippen molar-refractivity contribution >= 4 is 6.01 Å². The number of oxazole rings is 1. The van der Waals surface area contributed by atoms with Crippen LogP contribution in [0.25, 0.3) is 0 Å². The van der Waals surface area contributed by atoms with Crippen molar-refractivity contribution in [2.24, 2.45) is 5.73 Å². The number of hydrogen-bond acceptors (Lipinski definition) is 6. The third kappa shape index (κ3) is 2.36. The van der Waals surface area contributed by atoms with Gasteiger partial charge in [-0.05, 0) is 6.42 Å². The van der Waals surface area contributed by atoms with Gasteiger partial charge in [-0.2, -0.15) is 4.98 Å². The molecule has 1 aromatic rings. The molecule has 1 atom stereocenters. The van der Waals surface area contributed by atoms with Crippen LogP contribution >= 0.6 is 0 Å². The molecule has 2 fully saturated rings. The maximum absolute atomic E-state index is 5.54. The summed E-state index contributed by atoms with van der Waals surface area (Å²) in [7, 11) is 0. The Morgan fingerprint density at radius 3 is 2.89 bits per heavy atom. The molecule has 1 aromatic heterocycles. The molecule has 2 aliphatic rings. The van der Waals surface area contributed by atoms with E-state index in [0.717, 1.165) is 45.1 Å². The molecule has 1 unspecified atom stereocenters. The molecular weight excluding hydrogens is 232 g/mol. The molecule has 18 heavy (non-hydrogen) atoms. The first-order valence-electron chi connectivity index (χ1n) is 6.58. The van der Waals surface area contributed by atoms with Crippen LogP contribution in [0, 0.1) is 0 Å². The predicted molar refractivity (Wildman–Crippen MR) is 67.4 cm³/mol. The van der Waals surface area contributed by atoms with Gasteiger partial charge in [0, 0.05) is 38.8 Å². The monoisotopic (exact) mass is 252 g/mol. The molecule has 0 amide bonds. The molecule has 0 aliphatic carbocycles. The van der Waals surface area contributed by atoms with E-state index in [9.17, 15) is 0 Å². The minimum absolute atomic E-state index is 0.435. The fourth-order valence-corrected chi connectivity index (χ4v) is 2.69. The molecule has 100 valence electrons. The number of aromatic nitrogens is 1. The van der Waals surface area contributed by atoms with Gasteiger partial charge in [-0.3, -0.25) is 4.90 Å². The van der Waals surface area contributed by atoms with Gasteiger partial charge in [0.25, 0.3) is 6.01 Å². The van der Waals surface area contributed by atoms with Crippen molar-refractivity contribution in [2.75, 3.05) is 44.3 Å². The second-order valence-corrected chi connectivity index (χ2v) is 4.86. The zero-order valence-electron chi connectivity index (χ0n) is 10.5. The minimum atomic E-state index is 0.435. The van der Waals surface area contributed by atoms with Gasteiger partial charge in [0.15, 0.2) is 0 Å². The van der Waals surface area contributed by atoms with E-state index in [0.29, 0.717) is 18.6 Å². The second kappa shape index (κ2) is 5.26. The molecule has 6 nitrogen and oxygen atoms in total. The summed E-state index contributed by atoms with van der Waals surface area (Å²) in [6, 6.07) is 1.31. The Bertz CT molecular complexity index is 389. The summed E-state index contributed by atoms with van der Waals surface area (Å²) in [5, 5.41) is 0. The molecule has 3 rings (SSSR count). The van der Waals surface area contributed by atoms with Crippen LogP contribution in [0.1, 0.15) is 12.1 Å². The number of nitrogens with two attached hydrogens (primary N) is 1. The van der Waals surface area contributed by atoms with E-state index in [4.69, 9.17) is 14.9 Å². The fraction of sp³-hybridized carbons (Fsp3) is 0.750. The van der Waals surface area contributed by atoms with Crippen molar-refractivity contribution in [3.8, 4) is 0 Å². The van der Waals surface area contributed by atoms with E-state index in [1.807, 2.05) is 0 Å². The van der Waals surface area contributed by atoms with E-state index in [2.05, 4.69) is 14.8 Å². The Balaban J connectivity index is 1.60. The molecule has 0 saturated carbocycles. The maximum atomic E-state index is 5.54. The Morgan fingerprint density at radius 2 is 2.17 bits per heavy atom. The van der Waals surface area contributed by atoms with Gasteiger partial charge < -0.3 is 19.8 Å². The Labute approximate surface area is 107 Å². The summed E-state index contributed by atoms with van der Waals surface area (Å²) >= 11 is 0. The van der Waals surface area contributed by atoms with Crippen LogP contribution in [0.15, 0.2) is 10.7 Å². The Morgan fingerprint density at radius 1 is 1.33 bits per heavy atom. The predicted octanol–water partition coefficient (Wildman–Crippen LogP) is 0.0442. The fourth-order valence-electron chi connectivity index (χ4n) is 2.69. The summed E-state index contributed by atoms with van der Waals surface area (Å²) in [6.45, 7) is 6.22. The highest BCUT2D eigenvalue weighted by atomic mass is 16.5. The standard InChI is InChI=1S/C12H20N4O2/c13-7-10-9-18-12(14-10)16-2-1-11(8-16)15-3-5-17-6-4-15/h9,11H,1-8,13H2. The summed E-state index contributed by atoms with van der Waals surface area (Å²) in [5.74, 6) is 0. The number of rotatable bonds is 3. The van der Waals surface area contributed by atoms with Gasteiger partial charge in [0.05, 0.1) is 18.9 Å². The molecule has 0 aromatic carbocycles. The highest BCUT2D eigenvalue weighted by Crippen LogP contribution is 2.22. The van der Waals surface area contributed by atoms with E-state index in [1.165, 1.54) is 6.42 Å². The summed E-state index contributed by atoms with van der Waals surface area (Å²) in [5.41, 5.74) is 6.36. The smallest absolute Gasteiger partial charge is 0.297 e. The van der Waals surface area contributed by atoms with Crippen LogP contribution in [-0.2, 0) is 11.3 Å². The van der Waals surface area contributed by atoms with Crippen LogP contribution in [0.4, 0.5) is 6.01 Å². The van der Waals surface area contributed by atoms with E-state index in [1.54, 1.807) is 6.26 Å². The van der Waals surface area contributed by atoms with Crippen molar-refractivity contribution in [3.63, 3.8) is 0 Å². The zero-order valence-corrected chi connectivity index (χ0v) is 10.5. The molecule has 2 saturated heterocycles. The lowest BCUT2D eigenvalue weighted by atomic mass is 10.2. The third-order valence-corrected chi connectivity index (χ3v) is 3.74. The lowest BCUT2D eigenvalue weighted by Crippen LogP contribution is -2.44. The topological polar surface area (TPSA) is 67.8 Å². The van der Waals surface area contributed by atoms with Crippen molar-refractivity contribution < 1.29 is 9.15 Å². The van der Waals surface area contributed by atoms with Crippen molar-refractivity contribution in [2.45, 2.75) is 19.0 Å².